The van der Waals surface area contributed by atoms with Crippen LogP contribution in [0.3, 0.4) is 0 Å². The van der Waals surface area contributed by atoms with Gasteiger partial charge in [-0.15, -0.1) is 0 Å². The Hall–Kier alpha value is -3.91. The highest BCUT2D eigenvalue weighted by Gasteiger charge is 2.18. The Morgan fingerprint density at radius 3 is 2.20 bits per heavy atom. The third kappa shape index (κ3) is 9.29. The minimum Gasteiger partial charge on any atom is -0.491 e. The van der Waals surface area contributed by atoms with Gasteiger partial charge in [-0.25, -0.2) is 4.79 Å². The summed E-state index contributed by atoms with van der Waals surface area (Å²) in [4.78, 5) is 11.4. The van der Waals surface area contributed by atoms with Crippen molar-refractivity contribution in [1.82, 2.24) is 5.32 Å². The summed E-state index contributed by atoms with van der Waals surface area (Å²) in [6.45, 7) is 5.82. The van der Waals surface area contributed by atoms with Gasteiger partial charge in [-0.2, -0.15) is 0 Å². The molecule has 1 atom stereocenters. The summed E-state index contributed by atoms with van der Waals surface area (Å²) < 4.78 is 22.6. The standard InChI is InChI=1S/C35H37Cl2NO6/c1-23-18-31(36)34(32(37)19-23)44-17-16-42-28-11-8-25(9-12-28)21-27(22-38-35(39)40)29-13-10-26(20-24(29)2)30-6-4-5-7-33(30)43-15-14-41-3/h4-13,18-20,27,38H,14-17,21-22H2,1-3H3,(H,39,40). The van der Waals surface area contributed by atoms with E-state index >= 15 is 0 Å². The minimum absolute atomic E-state index is 0.0717. The Labute approximate surface area is 268 Å². The Kier molecular flexibility index (Phi) is 12.2. The maximum Gasteiger partial charge on any atom is 0.404 e. The van der Waals surface area contributed by atoms with Gasteiger partial charge in [0.05, 0.1) is 16.7 Å². The smallest absolute Gasteiger partial charge is 0.404 e. The van der Waals surface area contributed by atoms with Crippen molar-refractivity contribution in [3.8, 4) is 28.4 Å². The van der Waals surface area contributed by atoms with Gasteiger partial charge in [0.1, 0.15) is 31.3 Å². The molecule has 232 valence electrons. The number of rotatable bonds is 15. The Morgan fingerprint density at radius 1 is 0.841 bits per heavy atom. The van der Waals surface area contributed by atoms with Gasteiger partial charge in [-0.05, 0) is 78.4 Å². The number of para-hydroxylation sites is 1. The van der Waals surface area contributed by atoms with Crippen LogP contribution < -0.4 is 19.5 Å². The van der Waals surface area contributed by atoms with Crippen LogP contribution in [-0.4, -0.2) is 51.3 Å². The number of methoxy groups -OCH3 is 1. The second-order valence-electron chi connectivity index (χ2n) is 10.4. The molecule has 0 aliphatic carbocycles. The maximum absolute atomic E-state index is 11.4. The van der Waals surface area contributed by atoms with Gasteiger partial charge < -0.3 is 29.4 Å². The molecule has 0 saturated carbocycles. The van der Waals surface area contributed by atoms with E-state index in [0.717, 1.165) is 39.1 Å². The van der Waals surface area contributed by atoms with Crippen molar-refractivity contribution in [3.63, 3.8) is 0 Å². The quantitative estimate of drug-likeness (QED) is 0.127. The van der Waals surface area contributed by atoms with Crippen molar-refractivity contribution in [2.75, 3.05) is 40.1 Å². The van der Waals surface area contributed by atoms with Crippen LogP contribution in [0.1, 0.15) is 28.2 Å². The zero-order valence-corrected chi connectivity index (χ0v) is 26.6. The number of halogens is 2. The van der Waals surface area contributed by atoms with Crippen LogP contribution >= 0.6 is 23.2 Å². The number of carbonyl (C=O) groups is 1. The van der Waals surface area contributed by atoms with E-state index in [-0.39, 0.29) is 19.1 Å². The van der Waals surface area contributed by atoms with Crippen LogP contribution in [0.4, 0.5) is 4.79 Å². The molecule has 0 heterocycles. The molecule has 0 aromatic heterocycles. The molecule has 4 aromatic carbocycles. The second kappa shape index (κ2) is 16.2. The second-order valence-corrected chi connectivity index (χ2v) is 11.2. The number of carboxylic acid groups (broad SMARTS) is 1. The fourth-order valence-corrected chi connectivity index (χ4v) is 5.71. The van der Waals surface area contributed by atoms with Crippen LogP contribution in [0.15, 0.2) is 78.9 Å². The molecule has 0 radical (unpaired) electrons. The first-order valence-electron chi connectivity index (χ1n) is 14.3. The van der Waals surface area contributed by atoms with Gasteiger partial charge in [0, 0.05) is 25.1 Å². The lowest BCUT2D eigenvalue weighted by molar-refractivity contribution is 0.146. The number of amides is 1. The summed E-state index contributed by atoms with van der Waals surface area (Å²) in [5.41, 5.74) is 6.18. The average molecular weight is 639 g/mol. The van der Waals surface area contributed by atoms with E-state index in [4.69, 9.17) is 42.1 Å². The maximum atomic E-state index is 11.4. The normalized spacial score (nSPS) is 11.6. The van der Waals surface area contributed by atoms with E-state index in [0.29, 0.717) is 47.8 Å². The van der Waals surface area contributed by atoms with Gasteiger partial charge in [0.25, 0.3) is 0 Å². The van der Waals surface area contributed by atoms with Crippen molar-refractivity contribution in [3.05, 3.63) is 111 Å². The molecule has 1 unspecified atom stereocenters. The van der Waals surface area contributed by atoms with Crippen molar-refractivity contribution in [2.24, 2.45) is 0 Å². The molecule has 9 heteroatoms. The van der Waals surface area contributed by atoms with Crippen LogP contribution in [-0.2, 0) is 11.2 Å². The van der Waals surface area contributed by atoms with Gasteiger partial charge in [0.2, 0.25) is 0 Å². The summed E-state index contributed by atoms with van der Waals surface area (Å²) in [6.07, 6.45) is -0.407. The molecule has 1 amide bonds. The predicted molar refractivity (Wildman–Crippen MR) is 175 cm³/mol. The van der Waals surface area contributed by atoms with Crippen molar-refractivity contribution >= 4 is 29.3 Å². The number of aryl methyl sites for hydroxylation is 2. The summed E-state index contributed by atoms with van der Waals surface area (Å²) in [5.74, 6) is 1.86. The molecule has 7 nitrogen and oxygen atoms in total. The third-order valence-electron chi connectivity index (χ3n) is 7.10. The number of nitrogens with one attached hydrogen (secondary N) is 1. The third-order valence-corrected chi connectivity index (χ3v) is 7.66. The summed E-state index contributed by atoms with van der Waals surface area (Å²) >= 11 is 12.5. The van der Waals surface area contributed by atoms with E-state index in [2.05, 4.69) is 30.4 Å². The van der Waals surface area contributed by atoms with E-state index in [9.17, 15) is 9.90 Å². The molecule has 4 aromatic rings. The lowest BCUT2D eigenvalue weighted by atomic mass is 9.87. The van der Waals surface area contributed by atoms with Crippen molar-refractivity contribution in [1.29, 1.82) is 0 Å². The molecule has 0 bridgehead atoms. The largest absolute Gasteiger partial charge is 0.491 e. The van der Waals surface area contributed by atoms with Gasteiger partial charge in [0.15, 0.2) is 5.75 Å². The van der Waals surface area contributed by atoms with Crippen molar-refractivity contribution in [2.45, 2.75) is 26.2 Å². The number of ether oxygens (including phenoxy) is 4. The van der Waals surface area contributed by atoms with Gasteiger partial charge in [-0.1, -0.05) is 71.7 Å². The minimum atomic E-state index is -1.05. The first kappa shape index (κ1) is 33.0. The Bertz CT molecular complexity index is 1520. The average Bonchev–Trinajstić information content (AvgIpc) is 2.99. The number of hydrogen-bond acceptors (Lipinski definition) is 5. The lowest BCUT2D eigenvalue weighted by Gasteiger charge is -2.21. The first-order valence-corrected chi connectivity index (χ1v) is 15.1. The summed E-state index contributed by atoms with van der Waals surface area (Å²) in [7, 11) is 1.65. The molecule has 0 aliphatic rings. The lowest BCUT2D eigenvalue weighted by Crippen LogP contribution is -2.28. The monoisotopic (exact) mass is 637 g/mol. The highest BCUT2D eigenvalue weighted by atomic mass is 35.5. The van der Waals surface area contributed by atoms with Crippen LogP contribution in [0.5, 0.6) is 17.2 Å². The fraction of sp³-hybridized carbons (Fsp3) is 0.286. The van der Waals surface area contributed by atoms with Gasteiger partial charge >= 0.3 is 6.09 Å². The highest BCUT2D eigenvalue weighted by molar-refractivity contribution is 6.37. The molecule has 0 spiro atoms. The summed E-state index contributed by atoms with van der Waals surface area (Å²) in [6, 6.07) is 25.6. The molecule has 4 rings (SSSR count). The first-order chi connectivity index (χ1) is 21.2. The Balaban J connectivity index is 1.42. The van der Waals surface area contributed by atoms with Crippen LogP contribution in [0, 0.1) is 13.8 Å². The zero-order valence-electron chi connectivity index (χ0n) is 25.1. The predicted octanol–water partition coefficient (Wildman–Crippen LogP) is 8.35. The molecule has 0 fully saturated rings. The molecule has 0 saturated heterocycles. The Morgan fingerprint density at radius 2 is 1.52 bits per heavy atom. The fourth-order valence-electron chi connectivity index (χ4n) is 5.00. The highest BCUT2D eigenvalue weighted by Crippen LogP contribution is 2.35. The van der Waals surface area contributed by atoms with E-state index in [1.807, 2.05) is 55.5 Å². The molecule has 0 aliphatic heterocycles. The van der Waals surface area contributed by atoms with Crippen LogP contribution in [0.2, 0.25) is 10.0 Å². The number of hydrogen-bond donors (Lipinski definition) is 2. The molecule has 2 N–H and O–H groups in total. The van der Waals surface area contributed by atoms with E-state index in [1.165, 1.54) is 0 Å². The zero-order chi connectivity index (χ0) is 31.5. The summed E-state index contributed by atoms with van der Waals surface area (Å²) in [5, 5.41) is 12.8. The SMILES string of the molecule is COCCOc1ccccc1-c1ccc(C(CNC(=O)O)Cc2ccc(OCCOc3c(Cl)cc(C)cc3Cl)cc2)c(C)c1. The van der Waals surface area contributed by atoms with Gasteiger partial charge in [-0.3, -0.25) is 0 Å². The molecular formula is C35H37Cl2NO6. The van der Waals surface area contributed by atoms with Crippen LogP contribution in [0.25, 0.3) is 11.1 Å². The van der Waals surface area contributed by atoms with Crippen molar-refractivity contribution < 1.29 is 28.8 Å². The van der Waals surface area contributed by atoms with E-state index in [1.54, 1.807) is 19.2 Å². The number of benzene rings is 4. The topological polar surface area (TPSA) is 86.3 Å². The molecule has 44 heavy (non-hydrogen) atoms. The van der Waals surface area contributed by atoms with E-state index < -0.39 is 6.09 Å². The molecular weight excluding hydrogens is 601 g/mol.